The summed E-state index contributed by atoms with van der Waals surface area (Å²) in [5.41, 5.74) is 2.52. The van der Waals surface area contributed by atoms with E-state index in [1.54, 1.807) is 0 Å². The molecular weight excluding hydrogens is 307 g/mol. The van der Waals surface area contributed by atoms with E-state index in [4.69, 9.17) is 0 Å². The molecule has 1 aromatic carbocycles. The van der Waals surface area contributed by atoms with E-state index in [-0.39, 0.29) is 26.9 Å². The summed E-state index contributed by atoms with van der Waals surface area (Å²) in [5.74, 6) is 0.0462. The van der Waals surface area contributed by atoms with Gasteiger partial charge in [-0.05, 0) is 0 Å². The van der Waals surface area contributed by atoms with Gasteiger partial charge in [-0.2, -0.15) is 0 Å². The van der Waals surface area contributed by atoms with Crippen molar-refractivity contribution < 1.29 is 4.79 Å². The standard InChI is InChI=1S/C13H16N4OSe/c18-13(11-5-2-1-3-8-14-11)15-9-6-4-7-10-12(9)17-19-16-10/h4,6-7,11,14H,1-3,5,8H2,(H,15,18). The zero-order valence-corrected chi connectivity index (χ0v) is 12.3. The van der Waals surface area contributed by atoms with Gasteiger partial charge in [0.1, 0.15) is 0 Å². The second-order valence-electron chi connectivity index (χ2n) is 4.78. The SMILES string of the molecule is O=C(Nc1cccc2n[se]nc12)C1CCCCCN1. The van der Waals surface area contributed by atoms with Crippen molar-refractivity contribution in [1.82, 2.24) is 13.3 Å². The van der Waals surface area contributed by atoms with E-state index in [0.29, 0.717) is 0 Å². The van der Waals surface area contributed by atoms with Crippen LogP contribution in [0.4, 0.5) is 5.69 Å². The first-order valence-electron chi connectivity index (χ1n) is 6.60. The van der Waals surface area contributed by atoms with Crippen molar-refractivity contribution in [2.24, 2.45) is 0 Å². The molecule has 0 saturated carbocycles. The van der Waals surface area contributed by atoms with Gasteiger partial charge < -0.3 is 0 Å². The summed E-state index contributed by atoms with van der Waals surface area (Å²) in [5, 5.41) is 6.30. The Labute approximate surface area is 118 Å². The number of anilines is 1. The first-order chi connectivity index (χ1) is 9.34. The zero-order valence-electron chi connectivity index (χ0n) is 10.6. The van der Waals surface area contributed by atoms with Crippen LogP contribution in [0, 0.1) is 0 Å². The van der Waals surface area contributed by atoms with Gasteiger partial charge in [-0.25, -0.2) is 0 Å². The number of carbonyl (C=O) groups excluding carboxylic acids is 1. The maximum atomic E-state index is 12.3. The molecule has 1 aromatic heterocycles. The monoisotopic (exact) mass is 324 g/mol. The molecule has 6 heteroatoms. The number of amides is 1. The third-order valence-corrected chi connectivity index (χ3v) is 4.56. The summed E-state index contributed by atoms with van der Waals surface area (Å²) in [6.45, 7) is 0.924. The Morgan fingerprint density at radius 3 is 3.21 bits per heavy atom. The van der Waals surface area contributed by atoms with Crippen LogP contribution in [0.3, 0.4) is 0 Å². The summed E-state index contributed by atoms with van der Waals surface area (Å²) in [7, 11) is 0. The number of benzene rings is 1. The molecule has 100 valence electrons. The Hall–Kier alpha value is -1.23. The van der Waals surface area contributed by atoms with Crippen LogP contribution in [0.25, 0.3) is 11.0 Å². The minimum atomic E-state index is -0.0813. The zero-order chi connectivity index (χ0) is 13.1. The van der Waals surface area contributed by atoms with Crippen LogP contribution >= 0.6 is 0 Å². The van der Waals surface area contributed by atoms with E-state index in [0.717, 1.165) is 42.5 Å². The van der Waals surface area contributed by atoms with Crippen LogP contribution in [0.15, 0.2) is 18.2 Å². The average molecular weight is 323 g/mol. The fraction of sp³-hybridized carbons (Fsp3) is 0.462. The molecule has 19 heavy (non-hydrogen) atoms. The van der Waals surface area contributed by atoms with Gasteiger partial charge in [-0.3, -0.25) is 0 Å². The second kappa shape index (κ2) is 5.82. The molecule has 5 nitrogen and oxygen atoms in total. The number of nitrogens with zero attached hydrogens (tertiary/aromatic N) is 2. The van der Waals surface area contributed by atoms with Crippen molar-refractivity contribution >= 4 is 37.6 Å². The number of rotatable bonds is 2. The van der Waals surface area contributed by atoms with Gasteiger partial charge in [0.05, 0.1) is 0 Å². The number of aromatic nitrogens is 2. The van der Waals surface area contributed by atoms with Crippen LogP contribution in [0.5, 0.6) is 0 Å². The molecule has 0 aliphatic carbocycles. The van der Waals surface area contributed by atoms with E-state index in [2.05, 4.69) is 18.6 Å². The second-order valence-corrected chi connectivity index (χ2v) is 5.89. The fourth-order valence-corrected chi connectivity index (χ4v) is 3.53. The molecule has 1 amide bonds. The molecule has 2 N–H and O–H groups in total. The van der Waals surface area contributed by atoms with Gasteiger partial charge >= 0.3 is 117 Å². The van der Waals surface area contributed by atoms with Crippen molar-refractivity contribution in [3.63, 3.8) is 0 Å². The fourth-order valence-electron chi connectivity index (χ4n) is 2.38. The number of hydrogen-bond acceptors (Lipinski definition) is 4. The van der Waals surface area contributed by atoms with Gasteiger partial charge in [-0.15, -0.1) is 0 Å². The predicted octanol–water partition coefficient (Wildman–Crippen LogP) is 1.16. The average Bonchev–Trinajstić information content (AvgIpc) is 2.73. The molecule has 2 heterocycles. The number of hydrogen-bond donors (Lipinski definition) is 2. The molecule has 0 bridgehead atoms. The predicted molar refractivity (Wildman–Crippen MR) is 75.4 cm³/mol. The number of carbonyl (C=O) groups is 1. The molecule has 1 unspecified atom stereocenters. The van der Waals surface area contributed by atoms with Crippen molar-refractivity contribution in [2.75, 3.05) is 11.9 Å². The van der Waals surface area contributed by atoms with Crippen molar-refractivity contribution in [1.29, 1.82) is 0 Å². The minimum absolute atomic E-state index is 0.0462. The topological polar surface area (TPSA) is 66.9 Å². The van der Waals surface area contributed by atoms with Crippen LogP contribution in [-0.2, 0) is 4.79 Å². The van der Waals surface area contributed by atoms with Crippen molar-refractivity contribution in [2.45, 2.75) is 31.7 Å². The molecular formula is C13H16N4OSe. The third-order valence-electron chi connectivity index (χ3n) is 3.42. The Bertz CT molecular complexity index is 575. The van der Waals surface area contributed by atoms with E-state index < -0.39 is 0 Å². The molecule has 0 spiro atoms. The molecule has 1 aliphatic rings. The summed E-state index contributed by atoms with van der Waals surface area (Å²) < 4.78 is 8.70. The third kappa shape index (κ3) is 2.86. The summed E-state index contributed by atoms with van der Waals surface area (Å²) >= 11 is -0.0657. The van der Waals surface area contributed by atoms with E-state index in [9.17, 15) is 4.79 Å². The molecule has 1 saturated heterocycles. The first kappa shape index (κ1) is 12.8. The van der Waals surface area contributed by atoms with E-state index >= 15 is 0 Å². The Morgan fingerprint density at radius 2 is 2.26 bits per heavy atom. The number of nitrogens with one attached hydrogen (secondary N) is 2. The molecule has 3 rings (SSSR count). The molecule has 1 aliphatic heterocycles. The number of fused-ring (bicyclic) bond motifs is 1. The Morgan fingerprint density at radius 1 is 1.32 bits per heavy atom. The van der Waals surface area contributed by atoms with Crippen molar-refractivity contribution in [3.05, 3.63) is 18.2 Å². The van der Waals surface area contributed by atoms with Gasteiger partial charge in [-0.1, -0.05) is 0 Å². The quantitative estimate of drug-likeness (QED) is 0.814. The maximum absolute atomic E-state index is 12.3. The Kier molecular flexibility index (Phi) is 3.92. The molecule has 1 fully saturated rings. The van der Waals surface area contributed by atoms with E-state index in [1.165, 1.54) is 6.42 Å². The first-order valence-corrected chi connectivity index (χ1v) is 8.13. The molecule has 2 aromatic rings. The van der Waals surface area contributed by atoms with Gasteiger partial charge in [0, 0.05) is 0 Å². The Balaban J connectivity index is 1.76. The van der Waals surface area contributed by atoms with Crippen LogP contribution in [0.2, 0.25) is 0 Å². The normalized spacial score (nSPS) is 20.1. The van der Waals surface area contributed by atoms with Gasteiger partial charge in [0.15, 0.2) is 0 Å². The summed E-state index contributed by atoms with van der Waals surface area (Å²) in [6.07, 6.45) is 4.38. The van der Waals surface area contributed by atoms with Crippen LogP contribution in [0.1, 0.15) is 25.7 Å². The van der Waals surface area contributed by atoms with Crippen LogP contribution in [-0.4, -0.2) is 41.4 Å². The van der Waals surface area contributed by atoms with Gasteiger partial charge in [0.2, 0.25) is 0 Å². The van der Waals surface area contributed by atoms with Gasteiger partial charge in [0.25, 0.3) is 0 Å². The summed E-state index contributed by atoms with van der Waals surface area (Å²) in [4.78, 5) is 12.3. The molecule has 0 radical (unpaired) electrons. The van der Waals surface area contributed by atoms with Crippen molar-refractivity contribution in [3.8, 4) is 0 Å². The van der Waals surface area contributed by atoms with E-state index in [1.807, 2.05) is 18.2 Å². The molecule has 1 atom stereocenters. The summed E-state index contributed by atoms with van der Waals surface area (Å²) in [6, 6.07) is 5.67. The van der Waals surface area contributed by atoms with Crippen LogP contribution < -0.4 is 10.6 Å².